The van der Waals surface area contributed by atoms with Crippen molar-refractivity contribution in [3.05, 3.63) is 60.2 Å². The van der Waals surface area contributed by atoms with Gasteiger partial charge in [-0.25, -0.2) is 0 Å². The van der Waals surface area contributed by atoms with E-state index >= 15 is 0 Å². The molecule has 1 heterocycles. The van der Waals surface area contributed by atoms with E-state index in [1.165, 1.54) is 5.56 Å². The van der Waals surface area contributed by atoms with Gasteiger partial charge < -0.3 is 20.1 Å². The molecule has 0 radical (unpaired) electrons. The molecular weight excluding hydrogens is 388 g/mol. The van der Waals surface area contributed by atoms with Gasteiger partial charge in [0.25, 0.3) is 0 Å². The maximum Gasteiger partial charge on any atom is 0.222 e. The third kappa shape index (κ3) is 6.12. The molecular formula is C23H31ClN2O3. The van der Waals surface area contributed by atoms with Gasteiger partial charge in [0, 0.05) is 25.4 Å². The molecule has 1 aliphatic rings. The molecule has 0 saturated carbocycles. The van der Waals surface area contributed by atoms with Crippen LogP contribution in [0.1, 0.15) is 31.2 Å². The van der Waals surface area contributed by atoms with Crippen molar-refractivity contribution in [2.24, 2.45) is 11.7 Å². The predicted molar refractivity (Wildman–Crippen MR) is 118 cm³/mol. The molecule has 0 aliphatic carbocycles. The van der Waals surface area contributed by atoms with Crippen LogP contribution in [0.5, 0.6) is 11.5 Å². The number of amides is 1. The molecule has 2 aromatic carbocycles. The fourth-order valence-electron chi connectivity index (χ4n) is 3.80. The van der Waals surface area contributed by atoms with Gasteiger partial charge in [-0.2, -0.15) is 0 Å². The van der Waals surface area contributed by atoms with Gasteiger partial charge in [-0.05, 0) is 43.5 Å². The Kier molecular flexibility index (Phi) is 9.29. The van der Waals surface area contributed by atoms with Crippen LogP contribution in [0.2, 0.25) is 0 Å². The molecule has 158 valence electrons. The quantitative estimate of drug-likeness (QED) is 0.628. The van der Waals surface area contributed by atoms with E-state index in [0.29, 0.717) is 44.4 Å². The van der Waals surface area contributed by atoms with Crippen molar-refractivity contribution in [2.75, 3.05) is 32.8 Å². The number of ether oxygens (including phenoxy) is 2. The molecule has 29 heavy (non-hydrogen) atoms. The number of hydrogen-bond donors (Lipinski definition) is 1. The van der Waals surface area contributed by atoms with Crippen LogP contribution in [-0.2, 0) is 4.79 Å². The number of likely N-dealkylation sites (tertiary alicyclic amines) is 1. The number of rotatable bonds is 9. The molecule has 1 fully saturated rings. The van der Waals surface area contributed by atoms with Crippen LogP contribution in [0.15, 0.2) is 54.6 Å². The van der Waals surface area contributed by atoms with Crippen LogP contribution in [0.25, 0.3) is 0 Å². The highest BCUT2D eigenvalue weighted by Crippen LogP contribution is 2.32. The monoisotopic (exact) mass is 418 g/mol. The van der Waals surface area contributed by atoms with E-state index < -0.39 is 0 Å². The lowest BCUT2D eigenvalue weighted by Crippen LogP contribution is -2.29. The minimum absolute atomic E-state index is 0. The summed E-state index contributed by atoms with van der Waals surface area (Å²) in [6.07, 6.45) is 1.16. The molecule has 1 aliphatic heterocycles. The third-order valence-electron chi connectivity index (χ3n) is 5.27. The van der Waals surface area contributed by atoms with Crippen LogP contribution < -0.4 is 15.2 Å². The van der Waals surface area contributed by atoms with E-state index in [1.54, 1.807) is 0 Å². The lowest BCUT2D eigenvalue weighted by molar-refractivity contribution is -0.130. The van der Waals surface area contributed by atoms with Gasteiger partial charge in [-0.3, -0.25) is 4.79 Å². The van der Waals surface area contributed by atoms with Crippen LogP contribution in [-0.4, -0.2) is 43.7 Å². The Hall–Kier alpha value is -2.24. The zero-order valence-corrected chi connectivity index (χ0v) is 17.8. The largest absolute Gasteiger partial charge is 0.490 e. The summed E-state index contributed by atoms with van der Waals surface area (Å²) in [5.74, 6) is 2.29. The Bertz CT molecular complexity index is 757. The van der Waals surface area contributed by atoms with E-state index in [0.717, 1.165) is 24.6 Å². The highest BCUT2D eigenvalue weighted by atomic mass is 35.5. The molecule has 6 heteroatoms. The van der Waals surface area contributed by atoms with Crippen molar-refractivity contribution in [1.29, 1.82) is 0 Å². The summed E-state index contributed by atoms with van der Waals surface area (Å²) < 4.78 is 11.4. The Balaban J connectivity index is 0.00000300. The second-order valence-electron chi connectivity index (χ2n) is 7.14. The first-order chi connectivity index (χ1) is 13.7. The molecule has 0 unspecified atom stereocenters. The van der Waals surface area contributed by atoms with Crippen LogP contribution in [0, 0.1) is 5.92 Å². The topological polar surface area (TPSA) is 64.8 Å². The molecule has 5 nitrogen and oxygen atoms in total. The van der Waals surface area contributed by atoms with E-state index in [-0.39, 0.29) is 18.3 Å². The number of hydrogen-bond acceptors (Lipinski definition) is 4. The first kappa shape index (κ1) is 23.0. The Labute approximate surface area is 179 Å². The van der Waals surface area contributed by atoms with E-state index in [1.807, 2.05) is 54.3 Å². The SMILES string of the molecule is CCOc1ccccc1OCCCC(=O)N1C[C@@H](CN)[C@H](c2ccccc2)C1.Cl. The number of halogens is 1. The molecule has 3 rings (SSSR count). The number of para-hydroxylation sites is 2. The minimum Gasteiger partial charge on any atom is -0.490 e. The van der Waals surface area contributed by atoms with Gasteiger partial charge in [-0.1, -0.05) is 42.5 Å². The number of nitrogens with two attached hydrogens (primary N) is 1. The second-order valence-corrected chi connectivity index (χ2v) is 7.14. The number of carbonyl (C=O) groups is 1. The zero-order valence-electron chi connectivity index (χ0n) is 17.0. The normalized spacial score (nSPS) is 18.2. The average molecular weight is 419 g/mol. The fraction of sp³-hybridized carbons (Fsp3) is 0.435. The molecule has 2 aromatic rings. The van der Waals surface area contributed by atoms with Crippen molar-refractivity contribution in [3.63, 3.8) is 0 Å². The fourth-order valence-corrected chi connectivity index (χ4v) is 3.80. The molecule has 2 N–H and O–H groups in total. The summed E-state index contributed by atoms with van der Waals surface area (Å²) in [4.78, 5) is 14.6. The van der Waals surface area contributed by atoms with Gasteiger partial charge in [0.2, 0.25) is 5.91 Å². The molecule has 0 bridgehead atoms. The summed E-state index contributed by atoms with van der Waals surface area (Å²) in [7, 11) is 0. The highest BCUT2D eigenvalue weighted by Gasteiger charge is 2.34. The zero-order chi connectivity index (χ0) is 19.8. The van der Waals surface area contributed by atoms with Gasteiger partial charge in [-0.15, -0.1) is 12.4 Å². The molecule has 1 amide bonds. The van der Waals surface area contributed by atoms with Crippen molar-refractivity contribution in [3.8, 4) is 11.5 Å². The number of nitrogens with zero attached hydrogens (tertiary/aromatic N) is 1. The maximum absolute atomic E-state index is 12.7. The van der Waals surface area contributed by atoms with Crippen LogP contribution in [0.3, 0.4) is 0 Å². The lowest BCUT2D eigenvalue weighted by atomic mass is 9.89. The maximum atomic E-state index is 12.7. The van der Waals surface area contributed by atoms with Crippen molar-refractivity contribution in [1.82, 2.24) is 4.90 Å². The van der Waals surface area contributed by atoms with Gasteiger partial charge in [0.15, 0.2) is 11.5 Å². The highest BCUT2D eigenvalue weighted by molar-refractivity contribution is 5.85. The molecule has 0 aromatic heterocycles. The average Bonchev–Trinajstić information content (AvgIpc) is 3.18. The minimum atomic E-state index is 0. The second kappa shape index (κ2) is 11.7. The van der Waals surface area contributed by atoms with Crippen molar-refractivity contribution >= 4 is 18.3 Å². The van der Waals surface area contributed by atoms with Crippen LogP contribution in [0.4, 0.5) is 0 Å². The molecule has 0 spiro atoms. The first-order valence-corrected chi connectivity index (χ1v) is 10.1. The van der Waals surface area contributed by atoms with Gasteiger partial charge >= 0.3 is 0 Å². The summed E-state index contributed by atoms with van der Waals surface area (Å²) in [5, 5.41) is 0. The molecule has 1 saturated heterocycles. The van der Waals surface area contributed by atoms with Crippen molar-refractivity contribution < 1.29 is 14.3 Å². The Morgan fingerprint density at radius 1 is 1.03 bits per heavy atom. The van der Waals surface area contributed by atoms with Crippen molar-refractivity contribution in [2.45, 2.75) is 25.7 Å². The Morgan fingerprint density at radius 3 is 2.34 bits per heavy atom. The third-order valence-corrected chi connectivity index (χ3v) is 5.27. The summed E-state index contributed by atoms with van der Waals surface area (Å²) >= 11 is 0. The molecule has 2 atom stereocenters. The van der Waals surface area contributed by atoms with E-state index in [4.69, 9.17) is 15.2 Å². The lowest BCUT2D eigenvalue weighted by Gasteiger charge is -2.17. The van der Waals surface area contributed by atoms with Crippen LogP contribution >= 0.6 is 12.4 Å². The first-order valence-electron chi connectivity index (χ1n) is 10.1. The van der Waals surface area contributed by atoms with E-state index in [9.17, 15) is 4.79 Å². The summed E-state index contributed by atoms with van der Waals surface area (Å²) in [5.41, 5.74) is 7.25. The standard InChI is InChI=1S/C23H30N2O3.ClH/c1-2-27-21-11-6-7-12-22(21)28-14-8-13-23(26)25-16-19(15-24)20(17-25)18-9-4-3-5-10-18;/h3-7,9-12,19-20H,2,8,13-17,24H2,1H3;1H/t19-,20+;/m1./s1. The summed E-state index contributed by atoms with van der Waals surface area (Å²) in [6, 6.07) is 18.0. The Morgan fingerprint density at radius 2 is 1.69 bits per heavy atom. The van der Waals surface area contributed by atoms with E-state index in [2.05, 4.69) is 12.1 Å². The van der Waals surface area contributed by atoms with Gasteiger partial charge in [0.1, 0.15) is 0 Å². The number of benzene rings is 2. The predicted octanol–water partition coefficient (Wildman–Crippen LogP) is 3.87. The number of carbonyl (C=O) groups excluding carboxylic acids is 1. The van der Waals surface area contributed by atoms with Gasteiger partial charge in [0.05, 0.1) is 13.2 Å². The smallest absolute Gasteiger partial charge is 0.222 e. The summed E-state index contributed by atoms with van der Waals surface area (Å²) in [6.45, 7) is 5.12.